The van der Waals surface area contributed by atoms with E-state index in [0.29, 0.717) is 29.0 Å². The van der Waals surface area contributed by atoms with E-state index >= 15 is 0 Å². The first-order valence-electron chi connectivity index (χ1n) is 10.4. The second-order valence-electron chi connectivity index (χ2n) is 8.22. The lowest BCUT2D eigenvalue weighted by molar-refractivity contribution is -0.116. The van der Waals surface area contributed by atoms with Gasteiger partial charge in [-0.2, -0.15) is 0 Å². The first kappa shape index (κ1) is 20.8. The van der Waals surface area contributed by atoms with Gasteiger partial charge in [0.25, 0.3) is 5.91 Å². The topological polar surface area (TPSA) is 61.4 Å². The molecule has 0 radical (unpaired) electrons. The Morgan fingerprint density at radius 3 is 2.55 bits per heavy atom. The third-order valence-electron chi connectivity index (χ3n) is 5.85. The van der Waals surface area contributed by atoms with Crippen LogP contribution in [-0.4, -0.2) is 25.8 Å². The van der Waals surface area contributed by atoms with Gasteiger partial charge in [-0.1, -0.05) is 18.2 Å². The Hall–Kier alpha value is -3.41. The summed E-state index contributed by atoms with van der Waals surface area (Å²) in [5.74, 6) is -1.16. The molecular weight excluding hydrogens is 393 g/mol. The molecule has 0 aromatic heterocycles. The maximum Gasteiger partial charge on any atom is 0.254 e. The number of allylic oxidation sites excluding steroid dienone is 3. The van der Waals surface area contributed by atoms with Crippen LogP contribution >= 0.6 is 0 Å². The normalized spacial score (nSPS) is 18.5. The SMILES string of the molecule is CC1=C(C(=O)Nc2cccc(F)c2)[C@@H](c2ccc(N(C)C)cc2)C2=C(CCCC2=O)N1. The highest BCUT2D eigenvalue weighted by Crippen LogP contribution is 2.42. The number of dihydropyridines is 1. The molecule has 0 bridgehead atoms. The van der Waals surface area contributed by atoms with Crippen molar-refractivity contribution in [2.24, 2.45) is 0 Å². The largest absolute Gasteiger partial charge is 0.378 e. The molecule has 0 fully saturated rings. The molecule has 2 aromatic carbocycles. The molecule has 0 saturated heterocycles. The Labute approximate surface area is 181 Å². The van der Waals surface area contributed by atoms with Gasteiger partial charge in [0.1, 0.15) is 5.82 Å². The highest BCUT2D eigenvalue weighted by molar-refractivity contribution is 6.09. The second-order valence-corrected chi connectivity index (χ2v) is 8.22. The Balaban J connectivity index is 1.77. The van der Waals surface area contributed by atoms with Crippen LogP contribution in [0.2, 0.25) is 0 Å². The Morgan fingerprint density at radius 2 is 1.87 bits per heavy atom. The molecule has 2 aliphatic rings. The molecule has 2 N–H and O–H groups in total. The van der Waals surface area contributed by atoms with Crippen molar-refractivity contribution in [3.05, 3.63) is 82.5 Å². The molecule has 1 amide bonds. The minimum atomic E-state index is -0.464. The van der Waals surface area contributed by atoms with E-state index < -0.39 is 11.7 Å². The van der Waals surface area contributed by atoms with E-state index in [1.165, 1.54) is 12.1 Å². The fourth-order valence-corrected chi connectivity index (χ4v) is 4.35. The third kappa shape index (κ3) is 4.10. The molecule has 1 aliphatic heterocycles. The lowest BCUT2D eigenvalue weighted by Crippen LogP contribution is -2.35. The van der Waals surface area contributed by atoms with Gasteiger partial charge in [0.15, 0.2) is 5.78 Å². The van der Waals surface area contributed by atoms with Crippen LogP contribution in [0.3, 0.4) is 0 Å². The molecule has 6 heteroatoms. The van der Waals surface area contributed by atoms with Crippen LogP contribution in [0.15, 0.2) is 71.1 Å². The summed E-state index contributed by atoms with van der Waals surface area (Å²) in [6.07, 6.45) is 2.06. The van der Waals surface area contributed by atoms with E-state index in [2.05, 4.69) is 10.6 Å². The number of hydrogen-bond donors (Lipinski definition) is 2. The maximum absolute atomic E-state index is 13.6. The van der Waals surface area contributed by atoms with Gasteiger partial charge >= 0.3 is 0 Å². The zero-order valence-corrected chi connectivity index (χ0v) is 18.0. The number of carbonyl (C=O) groups is 2. The molecule has 0 saturated carbocycles. The quantitative estimate of drug-likeness (QED) is 0.766. The number of carbonyl (C=O) groups excluding carboxylic acids is 2. The van der Waals surface area contributed by atoms with E-state index in [0.717, 1.165) is 29.8 Å². The molecule has 1 aliphatic carbocycles. The summed E-state index contributed by atoms with van der Waals surface area (Å²) >= 11 is 0. The number of nitrogens with zero attached hydrogens (tertiary/aromatic N) is 1. The highest BCUT2D eigenvalue weighted by Gasteiger charge is 2.38. The minimum Gasteiger partial charge on any atom is -0.378 e. The molecule has 160 valence electrons. The first-order chi connectivity index (χ1) is 14.8. The Morgan fingerprint density at radius 1 is 1.13 bits per heavy atom. The average molecular weight is 420 g/mol. The van der Waals surface area contributed by atoms with Crippen molar-refractivity contribution in [2.45, 2.75) is 32.1 Å². The van der Waals surface area contributed by atoms with E-state index in [1.807, 2.05) is 50.2 Å². The van der Waals surface area contributed by atoms with Crippen LogP contribution in [0, 0.1) is 5.82 Å². The number of rotatable bonds is 4. The van der Waals surface area contributed by atoms with Crippen molar-refractivity contribution >= 4 is 23.1 Å². The summed E-state index contributed by atoms with van der Waals surface area (Å²) in [5, 5.41) is 6.11. The van der Waals surface area contributed by atoms with Gasteiger partial charge in [0, 0.05) is 60.3 Å². The molecular formula is C25H26FN3O2. The fraction of sp³-hybridized carbons (Fsp3) is 0.280. The molecule has 5 nitrogen and oxygen atoms in total. The van der Waals surface area contributed by atoms with E-state index in [-0.39, 0.29) is 11.7 Å². The zero-order chi connectivity index (χ0) is 22.1. The number of amides is 1. The van der Waals surface area contributed by atoms with Crippen LogP contribution in [0.1, 0.15) is 37.7 Å². The molecule has 1 heterocycles. The van der Waals surface area contributed by atoms with E-state index in [1.54, 1.807) is 12.1 Å². The van der Waals surface area contributed by atoms with Crippen molar-refractivity contribution in [2.75, 3.05) is 24.3 Å². The summed E-state index contributed by atoms with van der Waals surface area (Å²) in [4.78, 5) is 28.3. The van der Waals surface area contributed by atoms with Crippen LogP contribution < -0.4 is 15.5 Å². The smallest absolute Gasteiger partial charge is 0.254 e. The van der Waals surface area contributed by atoms with Gasteiger partial charge in [-0.05, 0) is 55.7 Å². The minimum absolute atomic E-state index is 0.0685. The van der Waals surface area contributed by atoms with Gasteiger partial charge in [0.2, 0.25) is 0 Å². The van der Waals surface area contributed by atoms with Gasteiger partial charge < -0.3 is 15.5 Å². The molecule has 0 unspecified atom stereocenters. The third-order valence-corrected chi connectivity index (χ3v) is 5.85. The maximum atomic E-state index is 13.6. The van der Waals surface area contributed by atoms with Crippen LogP contribution in [0.5, 0.6) is 0 Å². The van der Waals surface area contributed by atoms with Gasteiger partial charge in [-0.15, -0.1) is 0 Å². The van der Waals surface area contributed by atoms with Crippen LogP contribution in [-0.2, 0) is 9.59 Å². The number of nitrogens with one attached hydrogen (secondary N) is 2. The summed E-state index contributed by atoms with van der Waals surface area (Å²) in [7, 11) is 3.93. The van der Waals surface area contributed by atoms with Crippen molar-refractivity contribution in [3.63, 3.8) is 0 Å². The predicted molar refractivity (Wildman–Crippen MR) is 120 cm³/mol. The first-order valence-corrected chi connectivity index (χ1v) is 10.4. The van der Waals surface area contributed by atoms with Crippen molar-refractivity contribution in [1.29, 1.82) is 0 Å². The predicted octanol–water partition coefficient (Wildman–Crippen LogP) is 4.50. The van der Waals surface area contributed by atoms with Crippen molar-refractivity contribution < 1.29 is 14.0 Å². The number of ketones is 1. The highest BCUT2D eigenvalue weighted by atomic mass is 19.1. The Kier molecular flexibility index (Phi) is 5.63. The second kappa shape index (κ2) is 8.38. The number of halogens is 1. The van der Waals surface area contributed by atoms with Gasteiger partial charge in [-0.25, -0.2) is 4.39 Å². The lowest BCUT2D eigenvalue weighted by atomic mass is 9.75. The Bertz CT molecular complexity index is 1100. The van der Waals surface area contributed by atoms with E-state index in [4.69, 9.17) is 0 Å². The van der Waals surface area contributed by atoms with Crippen molar-refractivity contribution in [3.8, 4) is 0 Å². The number of anilines is 2. The summed E-state index contributed by atoms with van der Waals surface area (Å²) in [6, 6.07) is 13.7. The summed E-state index contributed by atoms with van der Waals surface area (Å²) < 4.78 is 13.6. The molecule has 1 atom stereocenters. The molecule has 4 rings (SSSR count). The fourth-order valence-electron chi connectivity index (χ4n) is 4.35. The lowest BCUT2D eigenvalue weighted by Gasteiger charge is -2.34. The zero-order valence-electron chi connectivity index (χ0n) is 18.0. The number of hydrogen-bond acceptors (Lipinski definition) is 4. The van der Waals surface area contributed by atoms with Crippen molar-refractivity contribution in [1.82, 2.24) is 5.32 Å². The number of benzene rings is 2. The average Bonchev–Trinajstić information content (AvgIpc) is 2.73. The van der Waals surface area contributed by atoms with Crippen LogP contribution in [0.4, 0.5) is 15.8 Å². The molecule has 31 heavy (non-hydrogen) atoms. The molecule has 0 spiro atoms. The monoisotopic (exact) mass is 419 g/mol. The van der Waals surface area contributed by atoms with E-state index in [9.17, 15) is 14.0 Å². The van der Waals surface area contributed by atoms with Gasteiger partial charge in [0.05, 0.1) is 0 Å². The number of Topliss-reactive ketones (excluding diaryl/α,β-unsaturated/α-hetero) is 1. The standard InChI is InChI=1S/C25H26FN3O2/c1-15-22(25(31)28-18-7-4-6-17(26)14-18)23(16-10-12-19(13-11-16)29(2)3)24-20(27-15)8-5-9-21(24)30/h4,6-7,10-14,23,27H,5,8-9H2,1-3H3,(H,28,31)/t23-/m1/s1. The summed E-state index contributed by atoms with van der Waals surface area (Å²) in [5.41, 5.74) is 5.06. The summed E-state index contributed by atoms with van der Waals surface area (Å²) in [6.45, 7) is 1.85. The van der Waals surface area contributed by atoms with Crippen LogP contribution in [0.25, 0.3) is 0 Å². The van der Waals surface area contributed by atoms with Gasteiger partial charge in [-0.3, -0.25) is 9.59 Å². The molecule has 2 aromatic rings.